The lowest BCUT2D eigenvalue weighted by atomic mass is 10.0. The summed E-state index contributed by atoms with van der Waals surface area (Å²) in [4.78, 5) is 10.5. The van der Waals surface area contributed by atoms with E-state index in [9.17, 15) is 15.0 Å². The number of hydrogen-bond acceptors (Lipinski definition) is 4. The van der Waals surface area contributed by atoms with Crippen LogP contribution >= 0.6 is 0 Å². The smallest absolute Gasteiger partial charge is 0.129 e. The van der Waals surface area contributed by atoms with Crippen molar-refractivity contribution in [1.82, 2.24) is 0 Å². The van der Waals surface area contributed by atoms with E-state index in [1.807, 2.05) is 0 Å². The second-order valence-corrected chi connectivity index (χ2v) is 3.39. The van der Waals surface area contributed by atoms with Gasteiger partial charge in [-0.1, -0.05) is 0 Å². The third-order valence-corrected chi connectivity index (χ3v) is 1.92. The molecular formula is C9H18O4. The van der Waals surface area contributed by atoms with Crippen LogP contribution < -0.4 is 0 Å². The highest BCUT2D eigenvalue weighted by Gasteiger charge is 2.20. The summed E-state index contributed by atoms with van der Waals surface area (Å²) in [5.74, 6) is 0.0683. The van der Waals surface area contributed by atoms with Crippen LogP contribution in [0, 0.1) is 0 Å². The Hall–Kier alpha value is -0.450. The maximum absolute atomic E-state index is 10.5. The summed E-state index contributed by atoms with van der Waals surface area (Å²) >= 11 is 0. The van der Waals surface area contributed by atoms with Gasteiger partial charge in [0.15, 0.2) is 0 Å². The molecule has 0 unspecified atom stereocenters. The molecule has 4 nitrogen and oxygen atoms in total. The topological polar surface area (TPSA) is 77.8 Å². The molecule has 0 saturated heterocycles. The Balaban J connectivity index is 3.61. The van der Waals surface area contributed by atoms with E-state index >= 15 is 0 Å². The second-order valence-electron chi connectivity index (χ2n) is 3.39. The highest BCUT2D eigenvalue weighted by Crippen LogP contribution is 2.08. The Morgan fingerprint density at radius 2 is 1.85 bits per heavy atom. The van der Waals surface area contributed by atoms with Crippen LogP contribution in [0.1, 0.15) is 33.1 Å². The van der Waals surface area contributed by atoms with Crippen LogP contribution in [-0.2, 0) is 4.79 Å². The fourth-order valence-electron chi connectivity index (χ4n) is 1.05. The zero-order valence-corrected chi connectivity index (χ0v) is 8.10. The first-order valence-electron chi connectivity index (χ1n) is 4.48. The van der Waals surface area contributed by atoms with E-state index in [1.165, 1.54) is 13.8 Å². The van der Waals surface area contributed by atoms with Gasteiger partial charge < -0.3 is 20.1 Å². The minimum absolute atomic E-state index is 0.0683. The average molecular weight is 190 g/mol. The summed E-state index contributed by atoms with van der Waals surface area (Å²) < 4.78 is 0. The maximum Gasteiger partial charge on any atom is 0.129 e. The zero-order chi connectivity index (χ0) is 10.4. The van der Waals surface area contributed by atoms with E-state index in [4.69, 9.17) is 5.11 Å². The lowest BCUT2D eigenvalue weighted by Crippen LogP contribution is -2.35. The molecule has 0 aromatic carbocycles. The van der Waals surface area contributed by atoms with Crippen molar-refractivity contribution in [2.75, 3.05) is 0 Å². The molecule has 13 heavy (non-hydrogen) atoms. The van der Waals surface area contributed by atoms with Gasteiger partial charge in [0.05, 0.1) is 12.2 Å². The molecular weight excluding hydrogens is 172 g/mol. The quantitative estimate of drug-likeness (QED) is 0.544. The van der Waals surface area contributed by atoms with Crippen LogP contribution in [0.15, 0.2) is 0 Å². The predicted octanol–water partition coefficient (Wildman–Crippen LogP) is -0.152. The fourth-order valence-corrected chi connectivity index (χ4v) is 1.05. The molecule has 0 aliphatic rings. The third kappa shape index (κ3) is 5.74. The standard InChI is InChI=1S/C9H18O4/c1-6(10)4-3-5-8(12)9(13)7(2)11/h7-9,11-13H,3-5H2,1-2H3/t7-,8+,9+/m1/s1. The molecule has 78 valence electrons. The first-order chi connectivity index (χ1) is 5.95. The molecule has 0 bridgehead atoms. The molecule has 3 N–H and O–H groups in total. The molecule has 0 rings (SSSR count). The summed E-state index contributed by atoms with van der Waals surface area (Å²) in [7, 11) is 0. The van der Waals surface area contributed by atoms with Gasteiger partial charge in [-0.2, -0.15) is 0 Å². The molecule has 0 aliphatic heterocycles. The number of aliphatic hydroxyl groups is 3. The molecule has 0 heterocycles. The van der Waals surface area contributed by atoms with Crippen molar-refractivity contribution in [2.24, 2.45) is 0 Å². The van der Waals surface area contributed by atoms with E-state index in [0.717, 1.165) is 0 Å². The van der Waals surface area contributed by atoms with Gasteiger partial charge in [-0.3, -0.25) is 0 Å². The number of rotatable bonds is 6. The lowest BCUT2D eigenvalue weighted by molar-refractivity contribution is -0.117. The Morgan fingerprint density at radius 3 is 2.23 bits per heavy atom. The number of carbonyl (C=O) groups is 1. The SMILES string of the molecule is CC(=O)CCC[C@H](O)[C@@H](O)[C@@H](C)O. The van der Waals surface area contributed by atoms with E-state index < -0.39 is 18.3 Å². The molecule has 0 aromatic heterocycles. The number of aliphatic hydroxyl groups excluding tert-OH is 3. The van der Waals surface area contributed by atoms with Crippen LogP contribution in [-0.4, -0.2) is 39.4 Å². The minimum atomic E-state index is -1.12. The van der Waals surface area contributed by atoms with Gasteiger partial charge in [-0.15, -0.1) is 0 Å². The summed E-state index contributed by atoms with van der Waals surface area (Å²) in [5.41, 5.74) is 0. The number of hydrogen-bond donors (Lipinski definition) is 3. The van der Waals surface area contributed by atoms with Crippen LogP contribution in [0.25, 0.3) is 0 Å². The van der Waals surface area contributed by atoms with Crippen molar-refractivity contribution < 1.29 is 20.1 Å². The normalized spacial score (nSPS) is 17.9. The van der Waals surface area contributed by atoms with Gasteiger partial charge in [0.2, 0.25) is 0 Å². The van der Waals surface area contributed by atoms with Crippen molar-refractivity contribution in [1.29, 1.82) is 0 Å². The monoisotopic (exact) mass is 190 g/mol. The molecule has 0 fully saturated rings. The van der Waals surface area contributed by atoms with Crippen molar-refractivity contribution in [3.8, 4) is 0 Å². The van der Waals surface area contributed by atoms with E-state index in [2.05, 4.69) is 0 Å². The van der Waals surface area contributed by atoms with Gasteiger partial charge in [0.1, 0.15) is 11.9 Å². The second kappa shape index (κ2) is 6.07. The van der Waals surface area contributed by atoms with Crippen LogP contribution in [0.2, 0.25) is 0 Å². The summed E-state index contributed by atoms with van der Waals surface area (Å²) in [6, 6.07) is 0. The maximum atomic E-state index is 10.5. The lowest BCUT2D eigenvalue weighted by Gasteiger charge is -2.19. The summed E-state index contributed by atoms with van der Waals surface area (Å²) in [6.45, 7) is 2.90. The first kappa shape index (κ1) is 12.6. The van der Waals surface area contributed by atoms with Gasteiger partial charge in [0.25, 0.3) is 0 Å². The molecule has 0 aliphatic carbocycles. The Labute approximate surface area is 78.2 Å². The van der Waals surface area contributed by atoms with Gasteiger partial charge >= 0.3 is 0 Å². The van der Waals surface area contributed by atoms with Crippen molar-refractivity contribution in [2.45, 2.75) is 51.4 Å². The Kier molecular flexibility index (Phi) is 5.86. The highest BCUT2D eigenvalue weighted by atomic mass is 16.4. The number of Topliss-reactive ketones (excluding diaryl/α,β-unsaturated/α-hetero) is 1. The highest BCUT2D eigenvalue weighted by molar-refractivity contribution is 5.75. The molecule has 0 saturated carbocycles. The fraction of sp³-hybridized carbons (Fsp3) is 0.889. The van der Waals surface area contributed by atoms with Crippen LogP contribution in [0.3, 0.4) is 0 Å². The first-order valence-corrected chi connectivity index (χ1v) is 4.48. The van der Waals surface area contributed by atoms with Crippen molar-refractivity contribution in [3.63, 3.8) is 0 Å². The van der Waals surface area contributed by atoms with Crippen LogP contribution in [0.4, 0.5) is 0 Å². The van der Waals surface area contributed by atoms with Crippen LogP contribution in [0.5, 0.6) is 0 Å². The zero-order valence-electron chi connectivity index (χ0n) is 8.10. The largest absolute Gasteiger partial charge is 0.391 e. The van der Waals surface area contributed by atoms with Crippen molar-refractivity contribution >= 4 is 5.78 Å². The third-order valence-electron chi connectivity index (χ3n) is 1.92. The Morgan fingerprint density at radius 1 is 1.31 bits per heavy atom. The van der Waals surface area contributed by atoms with E-state index in [0.29, 0.717) is 19.3 Å². The molecule has 4 heteroatoms. The number of carbonyl (C=O) groups excluding carboxylic acids is 1. The van der Waals surface area contributed by atoms with Crippen molar-refractivity contribution in [3.05, 3.63) is 0 Å². The Bertz CT molecular complexity index is 156. The molecule has 0 spiro atoms. The van der Waals surface area contributed by atoms with E-state index in [1.54, 1.807) is 0 Å². The molecule has 0 aromatic rings. The average Bonchev–Trinajstić information content (AvgIpc) is 2.02. The minimum Gasteiger partial charge on any atom is -0.391 e. The summed E-state index contributed by atoms with van der Waals surface area (Å²) in [6.07, 6.45) is -1.71. The predicted molar refractivity (Wildman–Crippen MR) is 48.2 cm³/mol. The van der Waals surface area contributed by atoms with E-state index in [-0.39, 0.29) is 5.78 Å². The van der Waals surface area contributed by atoms with Gasteiger partial charge in [-0.05, 0) is 26.7 Å². The van der Waals surface area contributed by atoms with Gasteiger partial charge in [0, 0.05) is 6.42 Å². The summed E-state index contributed by atoms with van der Waals surface area (Å²) in [5, 5.41) is 27.4. The molecule has 0 amide bonds. The molecule has 0 radical (unpaired) electrons. The van der Waals surface area contributed by atoms with Gasteiger partial charge in [-0.25, -0.2) is 0 Å². The number of ketones is 1. The molecule has 3 atom stereocenters.